The summed E-state index contributed by atoms with van der Waals surface area (Å²) in [6.07, 6.45) is 0. The van der Waals surface area contributed by atoms with Gasteiger partial charge in [-0.05, 0) is 72.5 Å². The van der Waals surface area contributed by atoms with Crippen LogP contribution >= 0.6 is 0 Å². The van der Waals surface area contributed by atoms with E-state index in [1.165, 1.54) is 12.0 Å². The summed E-state index contributed by atoms with van der Waals surface area (Å²) in [5, 5.41) is 11.7. The summed E-state index contributed by atoms with van der Waals surface area (Å²) in [4.78, 5) is 28.6. The van der Waals surface area contributed by atoms with E-state index in [0.717, 1.165) is 5.56 Å². The highest BCUT2D eigenvalue weighted by molar-refractivity contribution is 6.51. The van der Waals surface area contributed by atoms with Crippen LogP contribution in [0.2, 0.25) is 0 Å². The summed E-state index contributed by atoms with van der Waals surface area (Å²) >= 11 is 0. The number of hydrogen-bond donors (Lipinski definition) is 1. The summed E-state index contributed by atoms with van der Waals surface area (Å²) in [6.45, 7) is 8.34. The zero-order valence-corrected chi connectivity index (χ0v) is 23.9. The van der Waals surface area contributed by atoms with Crippen molar-refractivity contribution in [1.29, 1.82) is 0 Å². The van der Waals surface area contributed by atoms with Gasteiger partial charge in [0.25, 0.3) is 11.7 Å². The third kappa shape index (κ3) is 5.21. The predicted octanol–water partition coefficient (Wildman–Crippen LogP) is 6.03. The third-order valence-electron chi connectivity index (χ3n) is 6.88. The van der Waals surface area contributed by atoms with Crippen molar-refractivity contribution in [2.24, 2.45) is 0 Å². The number of carbonyl (C=O) groups excluding carboxylic acids is 2. The highest BCUT2D eigenvalue weighted by Crippen LogP contribution is 2.45. The third-order valence-corrected chi connectivity index (χ3v) is 6.88. The van der Waals surface area contributed by atoms with Gasteiger partial charge < -0.3 is 24.1 Å². The molecule has 0 aromatic heterocycles. The number of hydrogen-bond acceptors (Lipinski definition) is 7. The molecule has 3 aromatic rings. The number of aliphatic hydroxyl groups excluding tert-OH is 1. The Bertz CT molecular complexity index is 1450. The lowest BCUT2D eigenvalue weighted by Crippen LogP contribution is -2.29. The monoisotopic (exact) mass is 545 g/mol. The van der Waals surface area contributed by atoms with Gasteiger partial charge in [-0.3, -0.25) is 14.5 Å². The number of ketones is 1. The van der Waals surface area contributed by atoms with Gasteiger partial charge in [-0.25, -0.2) is 0 Å². The number of aliphatic hydroxyl groups is 1. The van der Waals surface area contributed by atoms with Crippen LogP contribution < -0.4 is 23.8 Å². The van der Waals surface area contributed by atoms with Gasteiger partial charge in [-0.2, -0.15) is 0 Å². The van der Waals surface area contributed by atoms with E-state index < -0.39 is 17.7 Å². The molecule has 0 bridgehead atoms. The molecule has 1 heterocycles. The summed E-state index contributed by atoms with van der Waals surface area (Å²) < 4.78 is 22.1. The van der Waals surface area contributed by atoms with E-state index in [0.29, 0.717) is 46.4 Å². The maximum Gasteiger partial charge on any atom is 0.300 e. The normalized spacial score (nSPS) is 16.7. The van der Waals surface area contributed by atoms with E-state index in [4.69, 9.17) is 18.9 Å². The fourth-order valence-corrected chi connectivity index (χ4v) is 4.89. The zero-order chi connectivity index (χ0) is 29.2. The van der Waals surface area contributed by atoms with Crippen molar-refractivity contribution in [2.75, 3.05) is 32.8 Å². The Hall–Kier alpha value is -4.46. The first-order valence-corrected chi connectivity index (χ1v) is 13.0. The summed E-state index contributed by atoms with van der Waals surface area (Å²) in [7, 11) is 4.68. The van der Waals surface area contributed by atoms with Gasteiger partial charge in [0.05, 0.1) is 39.6 Å². The molecular formula is C32H35NO7. The molecule has 4 rings (SSSR count). The molecular weight excluding hydrogens is 510 g/mol. The fourth-order valence-electron chi connectivity index (χ4n) is 4.89. The first-order chi connectivity index (χ1) is 19.0. The molecule has 8 heteroatoms. The van der Waals surface area contributed by atoms with Crippen LogP contribution in [0.25, 0.3) is 5.76 Å². The van der Waals surface area contributed by atoms with Gasteiger partial charge in [0, 0.05) is 16.8 Å². The average Bonchev–Trinajstić information content (AvgIpc) is 3.21. The lowest BCUT2D eigenvalue weighted by molar-refractivity contribution is -0.132. The minimum absolute atomic E-state index is 0.0292. The van der Waals surface area contributed by atoms with Crippen molar-refractivity contribution >= 4 is 23.1 Å². The fraction of sp³-hybridized carbons (Fsp3) is 0.312. The second-order valence-electron chi connectivity index (χ2n) is 10.4. The first-order valence-electron chi connectivity index (χ1n) is 13.0. The standard InChI is InChI=1S/C32H35NO7/c1-8-40-26-18-19(9-16-25(26)39-7)28-27(29(34)20-10-15-24(38-6)23(17-20)32(2,3)4)30(35)31(36)33(28)21-11-13-22(37-5)14-12-21/h9-18,28,34H,8H2,1-7H3/b29-27+. The molecule has 0 spiro atoms. The van der Waals surface area contributed by atoms with E-state index >= 15 is 0 Å². The molecule has 3 aromatic carbocycles. The maximum atomic E-state index is 13.6. The van der Waals surface area contributed by atoms with Gasteiger partial charge in [0.2, 0.25) is 0 Å². The number of ether oxygens (including phenoxy) is 4. The Morgan fingerprint density at radius 2 is 1.50 bits per heavy atom. The molecule has 1 aliphatic rings. The molecule has 0 radical (unpaired) electrons. The van der Waals surface area contributed by atoms with Crippen molar-refractivity contribution in [3.63, 3.8) is 0 Å². The smallest absolute Gasteiger partial charge is 0.300 e. The van der Waals surface area contributed by atoms with Crippen molar-refractivity contribution in [2.45, 2.75) is 39.2 Å². The minimum atomic E-state index is -0.932. The number of nitrogens with zero attached hydrogens (tertiary/aromatic N) is 1. The van der Waals surface area contributed by atoms with Gasteiger partial charge in [0.15, 0.2) is 11.5 Å². The lowest BCUT2D eigenvalue weighted by Gasteiger charge is -2.26. The number of amides is 1. The van der Waals surface area contributed by atoms with Crippen LogP contribution in [0.4, 0.5) is 5.69 Å². The predicted molar refractivity (Wildman–Crippen MR) is 154 cm³/mol. The van der Waals surface area contributed by atoms with Gasteiger partial charge in [-0.15, -0.1) is 0 Å². The van der Waals surface area contributed by atoms with Crippen LogP contribution in [-0.2, 0) is 15.0 Å². The van der Waals surface area contributed by atoms with Crippen LogP contribution in [0.5, 0.6) is 23.0 Å². The molecule has 1 amide bonds. The number of Topliss-reactive ketones (excluding diaryl/α,β-unsaturated/α-hetero) is 1. The summed E-state index contributed by atoms with van der Waals surface area (Å²) in [5.41, 5.74) is 1.97. The zero-order valence-electron chi connectivity index (χ0n) is 23.9. The van der Waals surface area contributed by atoms with Crippen LogP contribution in [0.15, 0.2) is 66.2 Å². The average molecular weight is 546 g/mol. The molecule has 1 N–H and O–H groups in total. The van der Waals surface area contributed by atoms with Crippen LogP contribution in [0, 0.1) is 0 Å². The molecule has 1 aliphatic heterocycles. The van der Waals surface area contributed by atoms with Crippen LogP contribution in [0.1, 0.15) is 50.4 Å². The molecule has 0 aliphatic carbocycles. The Morgan fingerprint density at radius 1 is 0.850 bits per heavy atom. The second-order valence-corrected chi connectivity index (χ2v) is 10.4. The van der Waals surface area contributed by atoms with Gasteiger partial charge in [0.1, 0.15) is 17.3 Å². The van der Waals surface area contributed by atoms with Crippen LogP contribution in [-0.4, -0.2) is 44.7 Å². The topological polar surface area (TPSA) is 94.5 Å². The van der Waals surface area contributed by atoms with E-state index in [2.05, 4.69) is 0 Å². The number of benzene rings is 3. The Balaban J connectivity index is 1.97. The Kier molecular flexibility index (Phi) is 8.09. The van der Waals surface area contributed by atoms with Crippen molar-refractivity contribution < 1.29 is 33.6 Å². The molecule has 0 saturated carbocycles. The highest BCUT2D eigenvalue weighted by Gasteiger charge is 2.47. The molecule has 1 unspecified atom stereocenters. The van der Waals surface area contributed by atoms with Crippen LogP contribution in [0.3, 0.4) is 0 Å². The van der Waals surface area contributed by atoms with E-state index in [1.807, 2.05) is 27.7 Å². The number of rotatable bonds is 8. The van der Waals surface area contributed by atoms with Gasteiger partial charge in [-0.1, -0.05) is 26.8 Å². The summed E-state index contributed by atoms with van der Waals surface area (Å²) in [6, 6.07) is 16.3. The molecule has 40 heavy (non-hydrogen) atoms. The van der Waals surface area contributed by atoms with E-state index in [9.17, 15) is 14.7 Å². The SMILES string of the molecule is CCOc1cc(C2/C(=C(\O)c3ccc(OC)c(C(C)(C)C)c3)C(=O)C(=O)N2c2ccc(OC)cc2)ccc1OC. The van der Waals surface area contributed by atoms with Crippen molar-refractivity contribution in [3.8, 4) is 23.0 Å². The molecule has 210 valence electrons. The number of carbonyl (C=O) groups is 2. The second kappa shape index (κ2) is 11.3. The van der Waals surface area contributed by atoms with E-state index in [-0.39, 0.29) is 16.7 Å². The first kappa shape index (κ1) is 28.5. The lowest BCUT2D eigenvalue weighted by atomic mass is 9.84. The maximum absolute atomic E-state index is 13.6. The van der Waals surface area contributed by atoms with Crippen molar-refractivity contribution in [3.05, 3.63) is 82.9 Å². The minimum Gasteiger partial charge on any atom is -0.507 e. The summed E-state index contributed by atoms with van der Waals surface area (Å²) in [5.74, 6) is 0.416. The quantitative estimate of drug-likeness (QED) is 0.210. The molecule has 8 nitrogen and oxygen atoms in total. The number of anilines is 1. The molecule has 1 saturated heterocycles. The van der Waals surface area contributed by atoms with Gasteiger partial charge >= 0.3 is 0 Å². The molecule has 1 atom stereocenters. The molecule has 1 fully saturated rings. The Morgan fingerprint density at radius 3 is 2.08 bits per heavy atom. The largest absolute Gasteiger partial charge is 0.507 e. The van der Waals surface area contributed by atoms with E-state index in [1.54, 1.807) is 74.9 Å². The van der Waals surface area contributed by atoms with Crippen molar-refractivity contribution in [1.82, 2.24) is 0 Å². The highest BCUT2D eigenvalue weighted by atomic mass is 16.5. The Labute approximate surface area is 234 Å². The number of methoxy groups -OCH3 is 3.